The zero-order valence-electron chi connectivity index (χ0n) is 15.1. The first-order valence-electron chi connectivity index (χ1n) is 8.56. The van der Waals surface area contributed by atoms with Crippen LogP contribution in [0.5, 0.6) is 0 Å². The van der Waals surface area contributed by atoms with Gasteiger partial charge >= 0.3 is 5.97 Å². The minimum atomic E-state index is -0.452. The molecule has 0 saturated carbocycles. The number of carbonyl (C=O) groups is 1. The van der Waals surface area contributed by atoms with E-state index in [1.165, 1.54) is 11.1 Å². The van der Waals surface area contributed by atoms with Gasteiger partial charge in [-0.1, -0.05) is 42.8 Å². The van der Waals surface area contributed by atoms with E-state index in [0.29, 0.717) is 28.0 Å². The molecule has 138 valence electrons. The molecule has 1 atom stereocenters. The van der Waals surface area contributed by atoms with Crippen molar-refractivity contribution in [1.82, 2.24) is 5.32 Å². The standard InChI is InChI=1S/C20H23ClN2O2S/c1-4-18(15-9-7-6-8-13(15)3)23-20(26)22-14-10-11-17(21)16(12-14)19(24)25-5-2/h6-12,18H,4-5H2,1-3H3,(H2,22,23,26)/t18-/m0/s1. The average molecular weight is 391 g/mol. The molecule has 0 aliphatic rings. The fraction of sp³-hybridized carbons (Fsp3) is 0.300. The van der Waals surface area contributed by atoms with Crippen molar-refractivity contribution in [1.29, 1.82) is 0 Å². The van der Waals surface area contributed by atoms with Gasteiger partial charge in [0, 0.05) is 5.69 Å². The number of esters is 1. The second kappa shape index (κ2) is 9.55. The number of thiocarbonyl (C=S) groups is 1. The van der Waals surface area contributed by atoms with Gasteiger partial charge in [-0.15, -0.1) is 0 Å². The summed E-state index contributed by atoms with van der Waals surface area (Å²) in [6.45, 7) is 6.24. The highest BCUT2D eigenvalue weighted by Crippen LogP contribution is 2.23. The lowest BCUT2D eigenvalue weighted by Gasteiger charge is -2.22. The third-order valence-corrected chi connectivity index (χ3v) is 4.55. The van der Waals surface area contributed by atoms with E-state index in [0.717, 1.165) is 6.42 Å². The maximum Gasteiger partial charge on any atom is 0.339 e. The molecule has 0 aliphatic carbocycles. The number of nitrogens with one attached hydrogen (secondary N) is 2. The third kappa shape index (κ3) is 5.19. The summed E-state index contributed by atoms with van der Waals surface area (Å²) < 4.78 is 5.02. The Labute approximate surface area is 164 Å². The fourth-order valence-electron chi connectivity index (χ4n) is 2.67. The number of halogens is 1. The first kappa shape index (κ1) is 20.2. The summed E-state index contributed by atoms with van der Waals surface area (Å²) in [5, 5.41) is 7.28. The molecule has 0 fully saturated rings. The molecule has 0 saturated heterocycles. The predicted molar refractivity (Wildman–Crippen MR) is 111 cm³/mol. The van der Waals surface area contributed by atoms with Gasteiger partial charge in [-0.3, -0.25) is 0 Å². The van der Waals surface area contributed by atoms with Crippen LogP contribution in [0.15, 0.2) is 42.5 Å². The van der Waals surface area contributed by atoms with Crippen molar-refractivity contribution in [3.63, 3.8) is 0 Å². The average Bonchev–Trinajstić information content (AvgIpc) is 2.62. The van der Waals surface area contributed by atoms with Crippen molar-refractivity contribution in [3.05, 3.63) is 64.2 Å². The molecular formula is C20H23ClN2O2S. The molecule has 0 aromatic heterocycles. The summed E-state index contributed by atoms with van der Waals surface area (Å²) in [5.41, 5.74) is 3.41. The SMILES string of the molecule is CCOC(=O)c1cc(NC(=S)N[C@@H](CC)c2ccccc2C)ccc1Cl. The maximum absolute atomic E-state index is 12.0. The largest absolute Gasteiger partial charge is 0.462 e. The Kier molecular flexibility index (Phi) is 7.42. The number of hydrogen-bond donors (Lipinski definition) is 2. The van der Waals surface area contributed by atoms with Crippen LogP contribution in [0.4, 0.5) is 5.69 Å². The Bertz CT molecular complexity index is 795. The summed E-state index contributed by atoms with van der Waals surface area (Å²) in [7, 11) is 0. The predicted octanol–water partition coefficient (Wildman–Crippen LogP) is 5.26. The number of anilines is 1. The van der Waals surface area contributed by atoms with Gasteiger partial charge in [0.1, 0.15) is 0 Å². The van der Waals surface area contributed by atoms with Crippen LogP contribution in [-0.2, 0) is 4.74 Å². The molecular weight excluding hydrogens is 368 g/mol. The molecule has 6 heteroatoms. The van der Waals surface area contributed by atoms with Crippen LogP contribution >= 0.6 is 23.8 Å². The molecule has 0 heterocycles. The molecule has 2 aromatic carbocycles. The summed E-state index contributed by atoms with van der Waals surface area (Å²) in [6.07, 6.45) is 0.890. The van der Waals surface area contributed by atoms with Crippen LogP contribution in [0.25, 0.3) is 0 Å². The topological polar surface area (TPSA) is 50.4 Å². The lowest BCUT2D eigenvalue weighted by molar-refractivity contribution is 0.0526. The van der Waals surface area contributed by atoms with Crippen LogP contribution in [0, 0.1) is 6.92 Å². The molecule has 26 heavy (non-hydrogen) atoms. The van der Waals surface area contributed by atoms with Crippen LogP contribution in [0.2, 0.25) is 5.02 Å². The van der Waals surface area contributed by atoms with Crippen LogP contribution in [0.1, 0.15) is 47.8 Å². The second-order valence-corrected chi connectivity index (χ2v) is 6.65. The molecule has 2 rings (SSSR count). The minimum absolute atomic E-state index is 0.105. The summed E-state index contributed by atoms with van der Waals surface area (Å²) >= 11 is 11.5. The first-order chi connectivity index (χ1) is 12.5. The summed E-state index contributed by atoms with van der Waals surface area (Å²) in [4.78, 5) is 12.0. The Morgan fingerprint density at radius 2 is 1.96 bits per heavy atom. The lowest BCUT2D eigenvalue weighted by atomic mass is 10.00. The maximum atomic E-state index is 12.0. The van der Waals surface area contributed by atoms with E-state index in [2.05, 4.69) is 36.6 Å². The highest BCUT2D eigenvalue weighted by molar-refractivity contribution is 7.80. The normalized spacial score (nSPS) is 11.5. The molecule has 2 N–H and O–H groups in total. The summed E-state index contributed by atoms with van der Waals surface area (Å²) in [5.74, 6) is -0.452. The van der Waals surface area contributed by atoms with Crippen molar-refractivity contribution in [3.8, 4) is 0 Å². The van der Waals surface area contributed by atoms with Crippen molar-refractivity contribution < 1.29 is 9.53 Å². The number of aryl methyl sites for hydroxylation is 1. The van der Waals surface area contributed by atoms with Gasteiger partial charge < -0.3 is 15.4 Å². The summed E-state index contributed by atoms with van der Waals surface area (Å²) in [6, 6.07) is 13.4. The number of benzene rings is 2. The van der Waals surface area contributed by atoms with Crippen molar-refractivity contribution in [2.75, 3.05) is 11.9 Å². The van der Waals surface area contributed by atoms with E-state index in [1.54, 1.807) is 25.1 Å². The van der Waals surface area contributed by atoms with E-state index < -0.39 is 5.97 Å². The van der Waals surface area contributed by atoms with Gasteiger partial charge in [-0.05, 0) is 61.8 Å². The highest BCUT2D eigenvalue weighted by Gasteiger charge is 2.15. The Balaban J connectivity index is 2.11. The molecule has 0 unspecified atom stereocenters. The van der Waals surface area contributed by atoms with E-state index in [-0.39, 0.29) is 6.04 Å². The molecule has 0 aliphatic heterocycles. The quantitative estimate of drug-likeness (QED) is 0.520. The third-order valence-electron chi connectivity index (χ3n) is 4.00. The zero-order chi connectivity index (χ0) is 19.1. The molecule has 0 amide bonds. The Morgan fingerprint density at radius 3 is 2.62 bits per heavy atom. The van der Waals surface area contributed by atoms with Crippen molar-refractivity contribution in [2.24, 2.45) is 0 Å². The monoisotopic (exact) mass is 390 g/mol. The first-order valence-corrected chi connectivity index (χ1v) is 9.34. The number of rotatable bonds is 6. The van der Waals surface area contributed by atoms with Gasteiger partial charge in [0.05, 0.1) is 23.2 Å². The van der Waals surface area contributed by atoms with E-state index >= 15 is 0 Å². The number of carbonyl (C=O) groups excluding carboxylic acids is 1. The molecule has 2 aromatic rings. The molecule has 4 nitrogen and oxygen atoms in total. The van der Waals surface area contributed by atoms with Gasteiger partial charge in [0.2, 0.25) is 0 Å². The fourth-order valence-corrected chi connectivity index (χ4v) is 3.13. The molecule has 0 radical (unpaired) electrons. The van der Waals surface area contributed by atoms with Gasteiger partial charge in [0.25, 0.3) is 0 Å². The zero-order valence-corrected chi connectivity index (χ0v) is 16.7. The highest BCUT2D eigenvalue weighted by atomic mass is 35.5. The molecule has 0 spiro atoms. The lowest BCUT2D eigenvalue weighted by Crippen LogP contribution is -2.32. The van der Waals surface area contributed by atoms with Gasteiger partial charge in [-0.2, -0.15) is 0 Å². The van der Waals surface area contributed by atoms with Gasteiger partial charge in [-0.25, -0.2) is 4.79 Å². The molecule has 0 bridgehead atoms. The van der Waals surface area contributed by atoms with Crippen LogP contribution in [0.3, 0.4) is 0 Å². The number of ether oxygens (including phenoxy) is 1. The van der Waals surface area contributed by atoms with E-state index in [1.807, 2.05) is 12.1 Å². The Morgan fingerprint density at radius 1 is 1.23 bits per heavy atom. The number of hydrogen-bond acceptors (Lipinski definition) is 3. The van der Waals surface area contributed by atoms with E-state index in [4.69, 9.17) is 28.6 Å². The van der Waals surface area contributed by atoms with Crippen LogP contribution < -0.4 is 10.6 Å². The van der Waals surface area contributed by atoms with Crippen LogP contribution in [-0.4, -0.2) is 17.7 Å². The van der Waals surface area contributed by atoms with Crippen molar-refractivity contribution in [2.45, 2.75) is 33.2 Å². The smallest absolute Gasteiger partial charge is 0.339 e. The minimum Gasteiger partial charge on any atom is -0.462 e. The van der Waals surface area contributed by atoms with Crippen molar-refractivity contribution >= 4 is 40.6 Å². The second-order valence-electron chi connectivity index (χ2n) is 5.83. The van der Waals surface area contributed by atoms with Gasteiger partial charge in [0.15, 0.2) is 5.11 Å². The Hall–Kier alpha value is -2.11. The van der Waals surface area contributed by atoms with E-state index in [9.17, 15) is 4.79 Å².